The SMILES string of the molecule is C=CCC(/C=C/CC1CC1)(C(=O)OC)C(=O)OC. The van der Waals surface area contributed by atoms with Crippen LogP contribution in [0.15, 0.2) is 24.8 Å². The van der Waals surface area contributed by atoms with Gasteiger partial charge in [0.1, 0.15) is 0 Å². The normalized spacial score (nSPS) is 15.4. The lowest BCUT2D eigenvalue weighted by atomic mass is 9.83. The topological polar surface area (TPSA) is 52.6 Å². The molecule has 0 N–H and O–H groups in total. The molecule has 0 aromatic rings. The van der Waals surface area contributed by atoms with Crippen molar-refractivity contribution in [2.24, 2.45) is 11.3 Å². The summed E-state index contributed by atoms with van der Waals surface area (Å²) in [5, 5.41) is 0. The Balaban J connectivity index is 2.92. The van der Waals surface area contributed by atoms with Crippen LogP contribution < -0.4 is 0 Å². The van der Waals surface area contributed by atoms with Gasteiger partial charge in [0.15, 0.2) is 5.41 Å². The third kappa shape index (κ3) is 3.22. The van der Waals surface area contributed by atoms with Crippen molar-refractivity contribution in [3.63, 3.8) is 0 Å². The van der Waals surface area contributed by atoms with Gasteiger partial charge in [0.25, 0.3) is 0 Å². The maximum atomic E-state index is 11.9. The molecule has 1 fully saturated rings. The highest BCUT2D eigenvalue weighted by Gasteiger charge is 2.45. The van der Waals surface area contributed by atoms with Gasteiger partial charge in [-0.15, -0.1) is 6.58 Å². The van der Waals surface area contributed by atoms with E-state index in [4.69, 9.17) is 9.47 Å². The van der Waals surface area contributed by atoms with Gasteiger partial charge in [-0.25, -0.2) is 0 Å². The lowest BCUT2D eigenvalue weighted by Gasteiger charge is -2.23. The van der Waals surface area contributed by atoms with E-state index in [-0.39, 0.29) is 6.42 Å². The summed E-state index contributed by atoms with van der Waals surface area (Å²) in [6.45, 7) is 3.58. The molecule has 0 bridgehead atoms. The number of esters is 2. The van der Waals surface area contributed by atoms with Gasteiger partial charge >= 0.3 is 11.9 Å². The minimum absolute atomic E-state index is 0.174. The molecule has 0 saturated heterocycles. The minimum atomic E-state index is -1.39. The standard InChI is InChI=1S/C14H20O4/c1-4-9-14(12(15)17-2,13(16)18-3)10-5-6-11-7-8-11/h4-5,10-11H,1,6-9H2,2-3H3/b10-5+. The smallest absolute Gasteiger partial charge is 0.327 e. The van der Waals surface area contributed by atoms with Crippen molar-refractivity contribution in [1.82, 2.24) is 0 Å². The third-order valence-corrected chi connectivity index (χ3v) is 3.13. The Kier molecular flexibility index (Phi) is 5.13. The summed E-state index contributed by atoms with van der Waals surface area (Å²) in [5.74, 6) is -0.527. The third-order valence-electron chi connectivity index (χ3n) is 3.13. The van der Waals surface area contributed by atoms with Crippen LogP contribution in [0.25, 0.3) is 0 Å². The molecule has 0 aliphatic heterocycles. The van der Waals surface area contributed by atoms with E-state index in [1.807, 2.05) is 6.08 Å². The van der Waals surface area contributed by atoms with Crippen LogP contribution in [0.2, 0.25) is 0 Å². The molecule has 0 spiro atoms. The van der Waals surface area contributed by atoms with Gasteiger partial charge < -0.3 is 9.47 Å². The first kappa shape index (κ1) is 14.5. The van der Waals surface area contributed by atoms with E-state index in [1.54, 1.807) is 6.08 Å². The Morgan fingerprint density at radius 3 is 2.22 bits per heavy atom. The molecule has 1 aliphatic carbocycles. The second-order valence-corrected chi connectivity index (χ2v) is 4.53. The minimum Gasteiger partial charge on any atom is -0.468 e. The zero-order valence-electron chi connectivity index (χ0n) is 11.0. The molecule has 1 aliphatic rings. The molecule has 0 radical (unpaired) electrons. The molecule has 4 nitrogen and oxygen atoms in total. The summed E-state index contributed by atoms with van der Waals surface area (Å²) >= 11 is 0. The molecule has 0 amide bonds. The van der Waals surface area contributed by atoms with E-state index in [9.17, 15) is 9.59 Å². The number of rotatable bonds is 7. The van der Waals surface area contributed by atoms with Crippen molar-refractivity contribution >= 4 is 11.9 Å². The number of allylic oxidation sites excluding steroid dienone is 2. The summed E-state index contributed by atoms with van der Waals surface area (Å²) in [5.41, 5.74) is -1.39. The Labute approximate surface area is 108 Å². The van der Waals surface area contributed by atoms with Crippen LogP contribution in [0.4, 0.5) is 0 Å². The molecule has 4 heteroatoms. The van der Waals surface area contributed by atoms with Gasteiger partial charge in [-0.3, -0.25) is 9.59 Å². The van der Waals surface area contributed by atoms with Gasteiger partial charge in [-0.05, 0) is 31.6 Å². The van der Waals surface area contributed by atoms with Crippen molar-refractivity contribution in [1.29, 1.82) is 0 Å². The van der Waals surface area contributed by atoms with E-state index in [1.165, 1.54) is 33.1 Å². The van der Waals surface area contributed by atoms with Crippen LogP contribution in [0.3, 0.4) is 0 Å². The van der Waals surface area contributed by atoms with E-state index >= 15 is 0 Å². The van der Waals surface area contributed by atoms with E-state index < -0.39 is 17.4 Å². The predicted octanol–water partition coefficient (Wildman–Crippen LogP) is 2.25. The van der Waals surface area contributed by atoms with Crippen molar-refractivity contribution in [2.45, 2.75) is 25.7 Å². The number of carbonyl (C=O) groups excluding carboxylic acids is 2. The second kappa shape index (κ2) is 6.38. The number of hydrogen-bond donors (Lipinski definition) is 0. The number of ether oxygens (including phenoxy) is 2. The zero-order chi connectivity index (χ0) is 13.6. The maximum absolute atomic E-state index is 11.9. The van der Waals surface area contributed by atoms with Gasteiger partial charge in [0, 0.05) is 0 Å². The summed E-state index contributed by atoms with van der Waals surface area (Å²) in [4.78, 5) is 23.8. The first-order valence-electron chi connectivity index (χ1n) is 6.06. The van der Waals surface area contributed by atoms with Crippen LogP contribution in [0.1, 0.15) is 25.7 Å². The largest absolute Gasteiger partial charge is 0.468 e. The Hall–Kier alpha value is -1.58. The van der Waals surface area contributed by atoms with Crippen molar-refractivity contribution < 1.29 is 19.1 Å². The van der Waals surface area contributed by atoms with Gasteiger partial charge in [-0.2, -0.15) is 0 Å². The Bertz CT molecular complexity index is 337. The molecule has 0 aromatic carbocycles. The molecule has 1 rings (SSSR count). The van der Waals surface area contributed by atoms with Crippen LogP contribution >= 0.6 is 0 Å². The highest BCUT2D eigenvalue weighted by molar-refractivity contribution is 6.02. The summed E-state index contributed by atoms with van der Waals surface area (Å²) in [6.07, 6.45) is 8.49. The average Bonchev–Trinajstić information content (AvgIpc) is 3.19. The quantitative estimate of drug-likeness (QED) is 0.396. The fraction of sp³-hybridized carbons (Fsp3) is 0.571. The number of carbonyl (C=O) groups is 2. The van der Waals surface area contributed by atoms with Crippen LogP contribution in [0.5, 0.6) is 0 Å². The molecule has 100 valence electrons. The fourth-order valence-electron chi connectivity index (χ4n) is 1.86. The molecule has 0 aromatic heterocycles. The van der Waals surface area contributed by atoms with E-state index in [0.29, 0.717) is 5.92 Å². The predicted molar refractivity (Wildman–Crippen MR) is 67.8 cm³/mol. The summed E-state index contributed by atoms with van der Waals surface area (Å²) in [6, 6.07) is 0. The molecule has 18 heavy (non-hydrogen) atoms. The molecular formula is C14H20O4. The highest BCUT2D eigenvalue weighted by Crippen LogP contribution is 2.34. The van der Waals surface area contributed by atoms with Crippen molar-refractivity contribution in [3.05, 3.63) is 24.8 Å². The van der Waals surface area contributed by atoms with E-state index in [2.05, 4.69) is 6.58 Å². The van der Waals surface area contributed by atoms with Crippen LogP contribution in [-0.4, -0.2) is 26.2 Å². The maximum Gasteiger partial charge on any atom is 0.327 e. The van der Waals surface area contributed by atoms with Crippen molar-refractivity contribution in [2.75, 3.05) is 14.2 Å². The monoisotopic (exact) mass is 252 g/mol. The van der Waals surface area contributed by atoms with Gasteiger partial charge in [0.2, 0.25) is 0 Å². The molecular weight excluding hydrogens is 232 g/mol. The first-order chi connectivity index (χ1) is 8.60. The highest BCUT2D eigenvalue weighted by atomic mass is 16.5. The molecule has 0 unspecified atom stereocenters. The van der Waals surface area contributed by atoms with Crippen molar-refractivity contribution in [3.8, 4) is 0 Å². The second-order valence-electron chi connectivity index (χ2n) is 4.53. The molecule has 0 atom stereocenters. The number of methoxy groups -OCH3 is 2. The van der Waals surface area contributed by atoms with Gasteiger partial charge in [-0.1, -0.05) is 18.2 Å². The fourth-order valence-corrected chi connectivity index (χ4v) is 1.86. The number of hydrogen-bond acceptors (Lipinski definition) is 4. The van der Waals surface area contributed by atoms with Crippen LogP contribution in [0, 0.1) is 11.3 Å². The lowest BCUT2D eigenvalue weighted by Crippen LogP contribution is -2.39. The van der Waals surface area contributed by atoms with Gasteiger partial charge in [0.05, 0.1) is 14.2 Å². The molecule has 1 saturated carbocycles. The van der Waals surface area contributed by atoms with Crippen LogP contribution in [-0.2, 0) is 19.1 Å². The van der Waals surface area contributed by atoms with E-state index in [0.717, 1.165) is 6.42 Å². The Morgan fingerprint density at radius 2 is 1.83 bits per heavy atom. The first-order valence-corrected chi connectivity index (χ1v) is 6.06. The lowest BCUT2D eigenvalue weighted by molar-refractivity contribution is -0.164. The summed E-state index contributed by atoms with van der Waals surface area (Å²) < 4.78 is 9.45. The average molecular weight is 252 g/mol. The Morgan fingerprint density at radius 1 is 1.28 bits per heavy atom. The summed E-state index contributed by atoms with van der Waals surface area (Å²) in [7, 11) is 2.52. The zero-order valence-corrected chi connectivity index (χ0v) is 11.0. The molecule has 0 heterocycles.